The number of likely N-dealkylation sites (tertiary alicyclic amines) is 1. The average Bonchev–Trinajstić information content (AvgIpc) is 2.27. The molecule has 0 amide bonds. The summed E-state index contributed by atoms with van der Waals surface area (Å²) in [6, 6.07) is 1.62. The van der Waals surface area contributed by atoms with Crippen LogP contribution in [0.5, 0.6) is 0 Å². The van der Waals surface area contributed by atoms with E-state index in [4.69, 9.17) is 0 Å². The molecule has 0 bridgehead atoms. The smallest absolute Gasteiger partial charge is 0.0122 e. The second-order valence-corrected chi connectivity index (χ2v) is 6.46. The minimum Gasteiger partial charge on any atom is -0.314 e. The monoisotopic (exact) mass is 222 g/mol. The molecule has 0 aromatic carbocycles. The first-order chi connectivity index (χ1) is 7.77. The maximum absolute atomic E-state index is 3.57. The molecule has 0 aromatic rings. The van der Waals surface area contributed by atoms with Gasteiger partial charge < -0.3 is 5.32 Å². The SMILES string of the molecule is CC1CC(N2CCCC3(CCC3)C2)CCN1. The molecule has 3 fully saturated rings. The Labute approximate surface area is 99.8 Å². The third-order valence-electron chi connectivity index (χ3n) is 5.22. The molecular weight excluding hydrogens is 196 g/mol. The minimum atomic E-state index is 0.734. The first-order valence-corrected chi connectivity index (χ1v) is 7.25. The van der Waals surface area contributed by atoms with Crippen molar-refractivity contribution in [1.29, 1.82) is 0 Å². The molecule has 16 heavy (non-hydrogen) atoms. The lowest BCUT2D eigenvalue weighted by Crippen LogP contribution is -2.54. The first kappa shape index (κ1) is 11.0. The topological polar surface area (TPSA) is 15.3 Å². The Morgan fingerprint density at radius 3 is 2.69 bits per heavy atom. The van der Waals surface area contributed by atoms with Gasteiger partial charge in [0.2, 0.25) is 0 Å². The van der Waals surface area contributed by atoms with E-state index in [1.807, 2.05) is 0 Å². The molecule has 1 saturated carbocycles. The van der Waals surface area contributed by atoms with Crippen LogP contribution < -0.4 is 5.32 Å². The fourth-order valence-electron chi connectivity index (χ4n) is 4.08. The van der Waals surface area contributed by atoms with Crippen LogP contribution in [0.1, 0.15) is 51.9 Å². The van der Waals surface area contributed by atoms with E-state index in [1.54, 1.807) is 0 Å². The summed E-state index contributed by atoms with van der Waals surface area (Å²) in [6.07, 6.45) is 10.3. The fourth-order valence-corrected chi connectivity index (χ4v) is 4.08. The van der Waals surface area contributed by atoms with Crippen molar-refractivity contribution in [2.24, 2.45) is 5.41 Å². The molecule has 2 unspecified atom stereocenters. The highest BCUT2D eigenvalue weighted by molar-refractivity contribution is 4.96. The number of nitrogens with one attached hydrogen (secondary N) is 1. The Kier molecular flexibility index (Phi) is 2.97. The van der Waals surface area contributed by atoms with Crippen LogP contribution in [-0.4, -0.2) is 36.6 Å². The lowest BCUT2D eigenvalue weighted by Gasteiger charge is -2.52. The lowest BCUT2D eigenvalue weighted by molar-refractivity contribution is -0.00929. The van der Waals surface area contributed by atoms with Crippen LogP contribution in [0.15, 0.2) is 0 Å². The molecule has 2 saturated heterocycles. The summed E-state index contributed by atoms with van der Waals surface area (Å²) in [6.45, 7) is 6.37. The van der Waals surface area contributed by atoms with Gasteiger partial charge in [0.25, 0.3) is 0 Å². The Morgan fingerprint density at radius 2 is 2.00 bits per heavy atom. The van der Waals surface area contributed by atoms with Gasteiger partial charge in [0.1, 0.15) is 0 Å². The Bertz CT molecular complexity index is 247. The van der Waals surface area contributed by atoms with E-state index in [0.29, 0.717) is 0 Å². The molecule has 3 rings (SSSR count). The van der Waals surface area contributed by atoms with Crippen molar-refractivity contribution in [3.05, 3.63) is 0 Å². The number of hydrogen-bond acceptors (Lipinski definition) is 2. The molecule has 3 aliphatic rings. The van der Waals surface area contributed by atoms with Gasteiger partial charge in [0.15, 0.2) is 0 Å². The van der Waals surface area contributed by atoms with E-state index in [2.05, 4.69) is 17.1 Å². The molecule has 2 nitrogen and oxygen atoms in total. The predicted molar refractivity (Wildman–Crippen MR) is 67.6 cm³/mol. The normalized spacial score (nSPS) is 39.6. The highest BCUT2D eigenvalue weighted by atomic mass is 15.2. The fraction of sp³-hybridized carbons (Fsp3) is 1.00. The van der Waals surface area contributed by atoms with Gasteiger partial charge >= 0.3 is 0 Å². The lowest BCUT2D eigenvalue weighted by atomic mass is 9.64. The van der Waals surface area contributed by atoms with E-state index < -0.39 is 0 Å². The number of hydrogen-bond donors (Lipinski definition) is 1. The molecule has 1 N–H and O–H groups in total. The minimum absolute atomic E-state index is 0.734. The molecule has 0 aromatic heterocycles. The molecule has 2 heterocycles. The Hall–Kier alpha value is -0.0800. The van der Waals surface area contributed by atoms with Crippen LogP contribution in [-0.2, 0) is 0 Å². The van der Waals surface area contributed by atoms with Gasteiger partial charge in [-0.3, -0.25) is 4.90 Å². The molecule has 1 spiro atoms. The maximum Gasteiger partial charge on any atom is 0.0122 e. The summed E-state index contributed by atoms with van der Waals surface area (Å²) in [5, 5.41) is 3.57. The summed E-state index contributed by atoms with van der Waals surface area (Å²) in [5.41, 5.74) is 0.770. The van der Waals surface area contributed by atoms with Gasteiger partial charge in [-0.2, -0.15) is 0 Å². The number of rotatable bonds is 1. The van der Waals surface area contributed by atoms with Crippen molar-refractivity contribution in [3.63, 3.8) is 0 Å². The van der Waals surface area contributed by atoms with Crippen LogP contribution in [0.3, 0.4) is 0 Å². The van der Waals surface area contributed by atoms with E-state index in [9.17, 15) is 0 Å². The largest absolute Gasteiger partial charge is 0.314 e. The van der Waals surface area contributed by atoms with Gasteiger partial charge in [-0.15, -0.1) is 0 Å². The summed E-state index contributed by atoms with van der Waals surface area (Å²) in [4.78, 5) is 2.83. The van der Waals surface area contributed by atoms with Crippen LogP contribution in [0.25, 0.3) is 0 Å². The van der Waals surface area contributed by atoms with Crippen molar-refractivity contribution in [2.75, 3.05) is 19.6 Å². The van der Waals surface area contributed by atoms with E-state index in [-0.39, 0.29) is 0 Å². The van der Waals surface area contributed by atoms with Gasteiger partial charge in [-0.25, -0.2) is 0 Å². The Morgan fingerprint density at radius 1 is 1.19 bits per heavy atom. The molecule has 2 aliphatic heterocycles. The highest BCUT2D eigenvalue weighted by Gasteiger charge is 2.42. The third-order valence-corrected chi connectivity index (χ3v) is 5.22. The molecule has 92 valence electrons. The van der Waals surface area contributed by atoms with E-state index in [0.717, 1.165) is 17.5 Å². The predicted octanol–water partition coefficient (Wildman–Crippen LogP) is 2.39. The zero-order valence-electron chi connectivity index (χ0n) is 10.7. The van der Waals surface area contributed by atoms with Gasteiger partial charge in [-0.05, 0) is 64.0 Å². The molecule has 2 atom stereocenters. The van der Waals surface area contributed by atoms with Crippen molar-refractivity contribution in [1.82, 2.24) is 10.2 Å². The summed E-state index contributed by atoms with van der Waals surface area (Å²) >= 11 is 0. The van der Waals surface area contributed by atoms with E-state index in [1.165, 1.54) is 64.6 Å². The van der Waals surface area contributed by atoms with Crippen molar-refractivity contribution >= 4 is 0 Å². The molecule has 1 aliphatic carbocycles. The highest BCUT2D eigenvalue weighted by Crippen LogP contribution is 2.48. The first-order valence-electron chi connectivity index (χ1n) is 7.25. The maximum atomic E-state index is 3.57. The van der Waals surface area contributed by atoms with Crippen LogP contribution in [0.2, 0.25) is 0 Å². The van der Waals surface area contributed by atoms with Crippen molar-refractivity contribution in [2.45, 2.75) is 64.0 Å². The van der Waals surface area contributed by atoms with Crippen LogP contribution in [0.4, 0.5) is 0 Å². The molecule has 2 heteroatoms. The molecule has 0 radical (unpaired) electrons. The summed E-state index contributed by atoms with van der Waals surface area (Å²) in [7, 11) is 0. The number of nitrogens with zero attached hydrogens (tertiary/aromatic N) is 1. The zero-order chi connectivity index (χ0) is 11.0. The van der Waals surface area contributed by atoms with Crippen LogP contribution >= 0.6 is 0 Å². The van der Waals surface area contributed by atoms with Gasteiger partial charge in [0.05, 0.1) is 0 Å². The average molecular weight is 222 g/mol. The van der Waals surface area contributed by atoms with E-state index >= 15 is 0 Å². The standard InChI is InChI=1S/C14H26N2/c1-12-10-13(4-8-15-12)16-9-3-7-14(11-16)5-2-6-14/h12-13,15H,2-11H2,1H3. The zero-order valence-corrected chi connectivity index (χ0v) is 10.7. The van der Waals surface area contributed by atoms with Gasteiger partial charge in [0, 0.05) is 18.6 Å². The van der Waals surface area contributed by atoms with Gasteiger partial charge in [-0.1, -0.05) is 6.42 Å². The number of piperidine rings is 2. The van der Waals surface area contributed by atoms with Crippen molar-refractivity contribution < 1.29 is 0 Å². The van der Waals surface area contributed by atoms with Crippen LogP contribution in [0, 0.1) is 5.41 Å². The second-order valence-electron chi connectivity index (χ2n) is 6.46. The third kappa shape index (κ3) is 2.02. The van der Waals surface area contributed by atoms with Crippen molar-refractivity contribution in [3.8, 4) is 0 Å². The Balaban J connectivity index is 1.61. The second kappa shape index (κ2) is 4.30. The quantitative estimate of drug-likeness (QED) is 0.733. The summed E-state index contributed by atoms with van der Waals surface area (Å²) < 4.78 is 0. The summed E-state index contributed by atoms with van der Waals surface area (Å²) in [5.74, 6) is 0. The molecular formula is C14H26N2.